The van der Waals surface area contributed by atoms with Crippen molar-refractivity contribution < 1.29 is 5.11 Å². The second-order valence-corrected chi connectivity index (χ2v) is 8.29. The van der Waals surface area contributed by atoms with E-state index in [1.54, 1.807) is 0 Å². The summed E-state index contributed by atoms with van der Waals surface area (Å²) < 4.78 is 0. The Hall–Kier alpha value is -1.06. The molecule has 132 valence electrons. The maximum absolute atomic E-state index is 9.53. The molecule has 1 aromatic carbocycles. The van der Waals surface area contributed by atoms with Crippen LogP contribution in [0, 0.1) is 19.8 Å². The highest BCUT2D eigenvalue weighted by Gasteiger charge is 2.44. The molecule has 0 spiro atoms. The quantitative estimate of drug-likeness (QED) is 0.920. The highest BCUT2D eigenvalue weighted by Crippen LogP contribution is 2.42. The predicted octanol–water partition coefficient (Wildman–Crippen LogP) is 3.51. The number of fused-ring (bicyclic) bond motifs is 2. The smallest absolute Gasteiger partial charge is 0.0460 e. The van der Waals surface area contributed by atoms with Crippen molar-refractivity contribution >= 4 is 5.69 Å². The van der Waals surface area contributed by atoms with E-state index >= 15 is 0 Å². The Bertz CT molecular complexity index is 565. The number of nitrogens with zero attached hydrogens (tertiary/aromatic N) is 2. The van der Waals surface area contributed by atoms with Gasteiger partial charge in [-0.25, -0.2) is 0 Å². The fraction of sp³-hybridized carbons (Fsp3) is 0.714. The standard InChI is InChI=1S/C21H32N2O/c1-15-4-3-5-21(16(15)2)22-10-8-18(9-11-22)23-19-6-7-20(23)13-17(12-19)14-24/h3-5,17-20,24H,6-14H2,1-2H3/t17?,19-,20+. The average Bonchev–Trinajstić information content (AvgIpc) is 2.87. The molecular weight excluding hydrogens is 296 g/mol. The third-order valence-electron chi connectivity index (χ3n) is 6.95. The second-order valence-electron chi connectivity index (χ2n) is 8.29. The fourth-order valence-corrected chi connectivity index (χ4v) is 5.55. The molecule has 1 aromatic rings. The Kier molecular flexibility index (Phi) is 4.57. The Labute approximate surface area is 146 Å². The summed E-state index contributed by atoms with van der Waals surface area (Å²) >= 11 is 0. The van der Waals surface area contributed by atoms with Crippen LogP contribution in [0.2, 0.25) is 0 Å². The van der Waals surface area contributed by atoms with Gasteiger partial charge in [0.1, 0.15) is 0 Å². The predicted molar refractivity (Wildman–Crippen MR) is 99.6 cm³/mol. The molecule has 0 amide bonds. The highest BCUT2D eigenvalue weighted by molar-refractivity contribution is 5.56. The van der Waals surface area contributed by atoms with Gasteiger partial charge in [-0.1, -0.05) is 12.1 Å². The van der Waals surface area contributed by atoms with E-state index in [1.807, 2.05) is 0 Å². The van der Waals surface area contributed by atoms with E-state index in [-0.39, 0.29) is 0 Å². The van der Waals surface area contributed by atoms with Crippen LogP contribution in [0.5, 0.6) is 0 Å². The van der Waals surface area contributed by atoms with E-state index in [0.29, 0.717) is 12.5 Å². The highest BCUT2D eigenvalue weighted by atomic mass is 16.3. The minimum atomic E-state index is 0.395. The zero-order valence-corrected chi connectivity index (χ0v) is 15.2. The monoisotopic (exact) mass is 328 g/mol. The number of anilines is 1. The molecular formula is C21H32N2O. The summed E-state index contributed by atoms with van der Waals surface area (Å²) in [5, 5.41) is 9.53. The summed E-state index contributed by atoms with van der Waals surface area (Å²) in [6, 6.07) is 8.97. The summed E-state index contributed by atoms with van der Waals surface area (Å²) in [4.78, 5) is 5.47. The molecule has 3 nitrogen and oxygen atoms in total. The maximum Gasteiger partial charge on any atom is 0.0460 e. The lowest BCUT2D eigenvalue weighted by Crippen LogP contribution is -2.53. The van der Waals surface area contributed by atoms with Crippen molar-refractivity contribution in [2.24, 2.45) is 5.92 Å². The van der Waals surface area contributed by atoms with Gasteiger partial charge in [0.15, 0.2) is 0 Å². The lowest BCUT2D eigenvalue weighted by atomic mass is 9.88. The first kappa shape index (κ1) is 16.4. The van der Waals surface area contributed by atoms with Gasteiger partial charge in [-0.15, -0.1) is 0 Å². The minimum Gasteiger partial charge on any atom is -0.396 e. The summed E-state index contributed by atoms with van der Waals surface area (Å²) in [7, 11) is 0. The topological polar surface area (TPSA) is 26.7 Å². The van der Waals surface area contributed by atoms with E-state index in [4.69, 9.17) is 0 Å². The third kappa shape index (κ3) is 2.86. The minimum absolute atomic E-state index is 0.395. The van der Waals surface area contributed by atoms with Gasteiger partial charge in [-0.05, 0) is 75.5 Å². The first-order valence-electron chi connectivity index (χ1n) is 9.87. The lowest BCUT2D eigenvalue weighted by molar-refractivity contribution is 0.0314. The zero-order chi connectivity index (χ0) is 16.7. The number of benzene rings is 1. The van der Waals surface area contributed by atoms with Crippen molar-refractivity contribution in [3.63, 3.8) is 0 Å². The summed E-state index contributed by atoms with van der Waals surface area (Å²) in [6.45, 7) is 7.25. The van der Waals surface area contributed by atoms with Crippen LogP contribution in [0.4, 0.5) is 5.69 Å². The van der Waals surface area contributed by atoms with Gasteiger partial charge in [0, 0.05) is 43.5 Å². The van der Waals surface area contributed by atoms with Gasteiger partial charge in [0.2, 0.25) is 0 Å². The largest absolute Gasteiger partial charge is 0.396 e. The number of hydrogen-bond donors (Lipinski definition) is 1. The Morgan fingerprint density at radius 2 is 1.62 bits per heavy atom. The van der Waals surface area contributed by atoms with Crippen LogP contribution in [0.25, 0.3) is 0 Å². The molecule has 0 aliphatic carbocycles. The molecule has 3 atom stereocenters. The molecule has 3 aliphatic heterocycles. The average molecular weight is 329 g/mol. The zero-order valence-electron chi connectivity index (χ0n) is 15.2. The van der Waals surface area contributed by atoms with Crippen LogP contribution < -0.4 is 4.90 Å². The second kappa shape index (κ2) is 6.68. The summed E-state index contributed by atoms with van der Waals surface area (Å²) in [5.41, 5.74) is 4.29. The number of hydrogen-bond acceptors (Lipinski definition) is 3. The van der Waals surface area contributed by atoms with Gasteiger partial charge in [-0.2, -0.15) is 0 Å². The number of aryl methyl sites for hydroxylation is 1. The molecule has 4 rings (SSSR count). The number of piperidine rings is 2. The van der Waals surface area contributed by atoms with Gasteiger partial charge in [0.25, 0.3) is 0 Å². The number of rotatable bonds is 3. The molecule has 0 radical (unpaired) electrons. The molecule has 3 heterocycles. The van der Waals surface area contributed by atoms with Crippen molar-refractivity contribution in [2.75, 3.05) is 24.6 Å². The van der Waals surface area contributed by atoms with Gasteiger partial charge in [-0.3, -0.25) is 4.90 Å². The first-order chi connectivity index (χ1) is 11.7. The lowest BCUT2D eigenvalue weighted by Gasteiger charge is -2.46. The van der Waals surface area contributed by atoms with Crippen molar-refractivity contribution in [3.05, 3.63) is 29.3 Å². The van der Waals surface area contributed by atoms with E-state index in [2.05, 4.69) is 41.8 Å². The first-order valence-corrected chi connectivity index (χ1v) is 9.87. The van der Waals surface area contributed by atoms with E-state index in [0.717, 1.165) is 18.1 Å². The van der Waals surface area contributed by atoms with Crippen LogP contribution in [0.3, 0.4) is 0 Å². The molecule has 0 saturated carbocycles. The van der Waals surface area contributed by atoms with Crippen LogP contribution in [0.15, 0.2) is 18.2 Å². The molecule has 3 fully saturated rings. The van der Waals surface area contributed by atoms with Crippen molar-refractivity contribution in [1.29, 1.82) is 0 Å². The van der Waals surface area contributed by atoms with E-state index in [1.165, 1.54) is 68.4 Å². The van der Waals surface area contributed by atoms with Crippen LogP contribution in [0.1, 0.15) is 49.7 Å². The van der Waals surface area contributed by atoms with Crippen LogP contribution >= 0.6 is 0 Å². The maximum atomic E-state index is 9.53. The van der Waals surface area contributed by atoms with E-state index in [9.17, 15) is 5.11 Å². The van der Waals surface area contributed by atoms with Gasteiger partial charge in [0.05, 0.1) is 0 Å². The normalized spacial score (nSPS) is 31.6. The third-order valence-corrected chi connectivity index (χ3v) is 6.95. The number of aliphatic hydroxyl groups is 1. The summed E-state index contributed by atoms with van der Waals surface area (Å²) in [6.07, 6.45) is 7.76. The Morgan fingerprint density at radius 3 is 2.25 bits per heavy atom. The van der Waals surface area contributed by atoms with Crippen LogP contribution in [-0.2, 0) is 0 Å². The molecule has 24 heavy (non-hydrogen) atoms. The number of aliphatic hydroxyl groups excluding tert-OH is 1. The van der Waals surface area contributed by atoms with Gasteiger partial charge < -0.3 is 10.0 Å². The Balaban J connectivity index is 1.41. The van der Waals surface area contributed by atoms with Gasteiger partial charge >= 0.3 is 0 Å². The van der Waals surface area contributed by atoms with Crippen molar-refractivity contribution in [1.82, 2.24) is 4.90 Å². The van der Waals surface area contributed by atoms with Crippen molar-refractivity contribution in [2.45, 2.75) is 70.5 Å². The SMILES string of the molecule is Cc1cccc(N2CCC(N3[C@@H]4CC[C@H]3CC(CO)C4)CC2)c1C. The molecule has 3 heteroatoms. The molecule has 3 aliphatic rings. The molecule has 1 N–H and O–H groups in total. The molecule has 2 bridgehead atoms. The summed E-state index contributed by atoms with van der Waals surface area (Å²) in [5.74, 6) is 0.564. The van der Waals surface area contributed by atoms with Crippen LogP contribution in [-0.4, -0.2) is 47.8 Å². The molecule has 0 aromatic heterocycles. The fourth-order valence-electron chi connectivity index (χ4n) is 5.55. The molecule has 1 unspecified atom stereocenters. The van der Waals surface area contributed by atoms with Crippen molar-refractivity contribution in [3.8, 4) is 0 Å². The molecule has 3 saturated heterocycles. The Morgan fingerprint density at radius 1 is 0.958 bits per heavy atom. The van der Waals surface area contributed by atoms with E-state index < -0.39 is 0 Å².